The van der Waals surface area contributed by atoms with Crippen LogP contribution in [0.25, 0.3) is 0 Å². The molecular formula is C12H15NO3. The van der Waals surface area contributed by atoms with Gasteiger partial charge < -0.3 is 10.1 Å². The van der Waals surface area contributed by atoms with E-state index in [-0.39, 0.29) is 5.91 Å². The van der Waals surface area contributed by atoms with Crippen LogP contribution in [0.2, 0.25) is 0 Å². The van der Waals surface area contributed by atoms with E-state index < -0.39 is 11.9 Å². The lowest BCUT2D eigenvalue weighted by Crippen LogP contribution is -2.25. The van der Waals surface area contributed by atoms with Crippen LogP contribution >= 0.6 is 0 Å². The van der Waals surface area contributed by atoms with Gasteiger partial charge in [0.2, 0.25) is 5.91 Å². The molecule has 2 rings (SSSR count). The summed E-state index contributed by atoms with van der Waals surface area (Å²) in [5.74, 6) is -1.22. The first-order chi connectivity index (χ1) is 7.75. The number of amides is 1. The fraction of sp³-hybridized carbons (Fsp3) is 0.333. The Morgan fingerprint density at radius 1 is 1.25 bits per heavy atom. The quantitative estimate of drug-likeness (QED) is 0.568. The van der Waals surface area contributed by atoms with E-state index in [2.05, 4.69) is 10.1 Å². The molecule has 0 aliphatic carbocycles. The molecule has 1 amide bonds. The molecule has 1 N–H and O–H groups in total. The van der Waals surface area contributed by atoms with Crippen molar-refractivity contribution in [3.05, 3.63) is 36.4 Å². The molecule has 1 fully saturated rings. The van der Waals surface area contributed by atoms with Crippen LogP contribution in [0.5, 0.6) is 0 Å². The molecule has 1 aliphatic heterocycles. The minimum Gasteiger partial charge on any atom is -0.468 e. The first kappa shape index (κ1) is 12.2. The molecule has 1 atom stereocenters. The number of methoxy groups -OCH3 is 1. The highest BCUT2D eigenvalue weighted by Crippen LogP contribution is 2.09. The molecule has 1 heterocycles. The van der Waals surface area contributed by atoms with Crippen LogP contribution < -0.4 is 5.32 Å². The lowest BCUT2D eigenvalue weighted by molar-refractivity contribution is -0.148. The smallest absolute Gasteiger partial charge is 0.318 e. The zero-order chi connectivity index (χ0) is 11.8. The van der Waals surface area contributed by atoms with E-state index in [0.717, 1.165) is 0 Å². The number of nitrogens with one attached hydrogen (secondary N) is 1. The van der Waals surface area contributed by atoms with Gasteiger partial charge in [-0.3, -0.25) is 9.59 Å². The van der Waals surface area contributed by atoms with Crippen LogP contribution in [0.1, 0.15) is 6.42 Å². The standard InChI is InChI=1S/C6H9NO3.C6H6/c1-10-6(9)4-2-3-7-5(4)8;1-2-4-6-5-3-1/h4H,2-3H2,1H3,(H,7,8);1-6H. The van der Waals surface area contributed by atoms with Gasteiger partial charge in [-0.2, -0.15) is 0 Å². The number of ether oxygens (including phenoxy) is 1. The summed E-state index contributed by atoms with van der Waals surface area (Å²) >= 11 is 0. The third kappa shape index (κ3) is 3.73. The van der Waals surface area contributed by atoms with E-state index in [1.54, 1.807) is 0 Å². The Balaban J connectivity index is 0.000000181. The Morgan fingerprint density at radius 3 is 2.06 bits per heavy atom. The third-order valence-corrected chi connectivity index (χ3v) is 2.20. The van der Waals surface area contributed by atoms with Gasteiger partial charge in [-0.25, -0.2) is 0 Å². The van der Waals surface area contributed by atoms with Gasteiger partial charge in [0.25, 0.3) is 0 Å². The summed E-state index contributed by atoms with van der Waals surface area (Å²) in [5, 5.41) is 2.55. The van der Waals surface area contributed by atoms with Gasteiger partial charge >= 0.3 is 5.97 Å². The number of hydrogen-bond acceptors (Lipinski definition) is 3. The molecule has 1 aliphatic rings. The first-order valence-corrected chi connectivity index (χ1v) is 5.11. The van der Waals surface area contributed by atoms with E-state index >= 15 is 0 Å². The van der Waals surface area contributed by atoms with Crippen LogP contribution in [0.3, 0.4) is 0 Å². The highest BCUT2D eigenvalue weighted by Gasteiger charge is 2.31. The Hall–Kier alpha value is -1.84. The monoisotopic (exact) mass is 221 g/mol. The Kier molecular flexibility index (Phi) is 5.05. The average Bonchev–Trinajstić information content (AvgIpc) is 2.78. The summed E-state index contributed by atoms with van der Waals surface area (Å²) in [4.78, 5) is 21.5. The fourth-order valence-electron chi connectivity index (χ4n) is 1.35. The van der Waals surface area contributed by atoms with Crippen molar-refractivity contribution >= 4 is 11.9 Å². The van der Waals surface area contributed by atoms with Crippen LogP contribution in [0.4, 0.5) is 0 Å². The topological polar surface area (TPSA) is 55.4 Å². The molecule has 1 unspecified atom stereocenters. The molecule has 0 radical (unpaired) electrons. The van der Waals surface area contributed by atoms with E-state index in [0.29, 0.717) is 13.0 Å². The summed E-state index contributed by atoms with van der Waals surface area (Å²) < 4.78 is 4.40. The molecule has 16 heavy (non-hydrogen) atoms. The van der Waals surface area contributed by atoms with Gasteiger partial charge in [-0.1, -0.05) is 36.4 Å². The lowest BCUT2D eigenvalue weighted by Gasteiger charge is -2.01. The van der Waals surface area contributed by atoms with Crippen LogP contribution in [-0.2, 0) is 14.3 Å². The minimum absolute atomic E-state index is 0.216. The van der Waals surface area contributed by atoms with Crippen molar-refractivity contribution in [2.75, 3.05) is 13.7 Å². The Labute approximate surface area is 94.6 Å². The average molecular weight is 221 g/mol. The van der Waals surface area contributed by atoms with Crippen molar-refractivity contribution < 1.29 is 14.3 Å². The lowest BCUT2D eigenvalue weighted by atomic mass is 10.1. The number of benzene rings is 1. The number of carbonyl (C=O) groups is 2. The Morgan fingerprint density at radius 2 is 1.75 bits per heavy atom. The third-order valence-electron chi connectivity index (χ3n) is 2.20. The van der Waals surface area contributed by atoms with Crippen molar-refractivity contribution in [2.24, 2.45) is 5.92 Å². The fourth-order valence-corrected chi connectivity index (χ4v) is 1.35. The highest BCUT2D eigenvalue weighted by atomic mass is 16.5. The van der Waals surface area contributed by atoms with Gasteiger partial charge in [0, 0.05) is 6.54 Å². The summed E-state index contributed by atoms with van der Waals surface area (Å²) in [6, 6.07) is 12.0. The SMILES string of the molecule is COC(=O)C1CCNC1=O.c1ccccc1. The summed E-state index contributed by atoms with van der Waals surface area (Å²) in [5.41, 5.74) is 0. The summed E-state index contributed by atoms with van der Waals surface area (Å²) in [6.45, 7) is 0.582. The summed E-state index contributed by atoms with van der Waals surface area (Å²) in [6.07, 6.45) is 0.561. The normalized spacial score (nSPS) is 18.1. The number of rotatable bonds is 1. The maximum absolute atomic E-state index is 10.8. The molecular weight excluding hydrogens is 206 g/mol. The van der Waals surface area contributed by atoms with Crippen molar-refractivity contribution in [2.45, 2.75) is 6.42 Å². The number of carbonyl (C=O) groups excluding carboxylic acids is 2. The second kappa shape index (κ2) is 6.61. The molecule has 0 bridgehead atoms. The van der Waals surface area contributed by atoms with Crippen molar-refractivity contribution in [1.29, 1.82) is 0 Å². The van der Waals surface area contributed by atoms with Crippen molar-refractivity contribution in [1.82, 2.24) is 5.32 Å². The highest BCUT2D eigenvalue weighted by molar-refractivity contribution is 5.99. The maximum atomic E-state index is 10.8. The largest absolute Gasteiger partial charge is 0.468 e. The molecule has 1 saturated heterocycles. The van der Waals surface area contributed by atoms with E-state index in [9.17, 15) is 9.59 Å². The minimum atomic E-state index is -0.565. The van der Waals surface area contributed by atoms with Gasteiger partial charge in [-0.15, -0.1) is 0 Å². The van der Waals surface area contributed by atoms with E-state index in [1.165, 1.54) is 7.11 Å². The second-order valence-corrected chi connectivity index (χ2v) is 3.31. The van der Waals surface area contributed by atoms with Crippen LogP contribution in [0, 0.1) is 5.92 Å². The van der Waals surface area contributed by atoms with Gasteiger partial charge in [0.1, 0.15) is 5.92 Å². The molecule has 0 aromatic heterocycles. The predicted molar refractivity (Wildman–Crippen MR) is 59.6 cm³/mol. The zero-order valence-corrected chi connectivity index (χ0v) is 9.18. The predicted octanol–water partition coefficient (Wildman–Crippen LogP) is 0.982. The Bertz CT molecular complexity index is 311. The second-order valence-electron chi connectivity index (χ2n) is 3.31. The van der Waals surface area contributed by atoms with Crippen LogP contribution in [0.15, 0.2) is 36.4 Å². The molecule has 1 aromatic carbocycles. The number of esters is 1. The van der Waals surface area contributed by atoms with E-state index in [1.807, 2.05) is 36.4 Å². The zero-order valence-electron chi connectivity index (χ0n) is 9.18. The van der Waals surface area contributed by atoms with Gasteiger partial charge in [0.15, 0.2) is 0 Å². The first-order valence-electron chi connectivity index (χ1n) is 5.11. The molecule has 0 saturated carbocycles. The van der Waals surface area contributed by atoms with Crippen molar-refractivity contribution in [3.63, 3.8) is 0 Å². The van der Waals surface area contributed by atoms with Gasteiger partial charge in [-0.05, 0) is 6.42 Å². The molecule has 0 spiro atoms. The van der Waals surface area contributed by atoms with Crippen molar-refractivity contribution in [3.8, 4) is 0 Å². The van der Waals surface area contributed by atoms with Crippen LogP contribution in [-0.4, -0.2) is 25.5 Å². The molecule has 4 heteroatoms. The molecule has 1 aromatic rings. The van der Waals surface area contributed by atoms with E-state index in [4.69, 9.17) is 0 Å². The van der Waals surface area contributed by atoms with Gasteiger partial charge in [0.05, 0.1) is 7.11 Å². The number of hydrogen-bond donors (Lipinski definition) is 1. The molecule has 86 valence electrons. The maximum Gasteiger partial charge on any atom is 0.318 e. The summed E-state index contributed by atoms with van der Waals surface area (Å²) in [7, 11) is 1.29. The molecule has 4 nitrogen and oxygen atoms in total.